The van der Waals surface area contributed by atoms with E-state index in [0.717, 1.165) is 17.8 Å². The number of hydrogen-bond donors (Lipinski definition) is 1. The number of pyridine rings is 1. The molecule has 0 aliphatic carbocycles. The van der Waals surface area contributed by atoms with Crippen molar-refractivity contribution >= 4 is 23.3 Å². The largest absolute Gasteiger partial charge is 0.493 e. The first-order chi connectivity index (χ1) is 12.5. The maximum Gasteiger partial charge on any atom is 0.251 e. The number of carbonyl (C=O) groups excluding carboxylic acids is 1. The van der Waals surface area contributed by atoms with Crippen LogP contribution in [-0.4, -0.2) is 38.7 Å². The molecular formula is C19H24ClN3O3. The van der Waals surface area contributed by atoms with E-state index in [2.05, 4.69) is 10.3 Å². The first-order valence-corrected chi connectivity index (χ1v) is 8.75. The summed E-state index contributed by atoms with van der Waals surface area (Å²) in [5.41, 5.74) is 1.33. The lowest BCUT2D eigenvalue weighted by molar-refractivity contribution is 0.0950. The molecule has 0 atom stereocenters. The number of benzene rings is 1. The number of halogens is 1. The predicted octanol–water partition coefficient (Wildman–Crippen LogP) is 3.53. The van der Waals surface area contributed by atoms with Gasteiger partial charge in [0.2, 0.25) is 0 Å². The molecule has 1 aromatic carbocycles. The van der Waals surface area contributed by atoms with E-state index in [0.29, 0.717) is 35.2 Å². The van der Waals surface area contributed by atoms with E-state index in [9.17, 15) is 4.79 Å². The minimum Gasteiger partial charge on any atom is -0.493 e. The van der Waals surface area contributed by atoms with Gasteiger partial charge in [-0.05, 0) is 24.6 Å². The summed E-state index contributed by atoms with van der Waals surface area (Å²) in [6.45, 7) is 2.88. The Balaban J connectivity index is 2.16. The average molecular weight is 378 g/mol. The quantitative estimate of drug-likeness (QED) is 0.762. The zero-order chi connectivity index (χ0) is 19.1. The van der Waals surface area contributed by atoms with Gasteiger partial charge in [0.1, 0.15) is 5.82 Å². The maximum atomic E-state index is 12.5. The zero-order valence-electron chi connectivity index (χ0n) is 15.5. The highest BCUT2D eigenvalue weighted by Crippen LogP contribution is 2.36. The highest BCUT2D eigenvalue weighted by molar-refractivity contribution is 6.32. The Morgan fingerprint density at radius 1 is 1.35 bits per heavy atom. The number of aromatic nitrogens is 1. The van der Waals surface area contributed by atoms with E-state index in [1.54, 1.807) is 18.3 Å². The molecule has 7 heteroatoms. The van der Waals surface area contributed by atoms with E-state index >= 15 is 0 Å². The second kappa shape index (κ2) is 9.29. The number of amides is 1. The average Bonchev–Trinajstić information content (AvgIpc) is 2.64. The Morgan fingerprint density at radius 2 is 2.12 bits per heavy atom. The van der Waals surface area contributed by atoms with E-state index in [-0.39, 0.29) is 5.91 Å². The van der Waals surface area contributed by atoms with Gasteiger partial charge in [-0.2, -0.15) is 0 Å². The predicted molar refractivity (Wildman–Crippen MR) is 104 cm³/mol. The van der Waals surface area contributed by atoms with Crippen LogP contribution in [0.3, 0.4) is 0 Å². The number of nitrogens with zero attached hydrogens (tertiary/aromatic N) is 2. The Labute approximate surface area is 159 Å². The van der Waals surface area contributed by atoms with Crippen LogP contribution < -0.4 is 19.7 Å². The highest BCUT2D eigenvalue weighted by atomic mass is 35.5. The van der Waals surface area contributed by atoms with Crippen LogP contribution in [0.15, 0.2) is 30.5 Å². The summed E-state index contributed by atoms with van der Waals surface area (Å²) >= 11 is 6.28. The summed E-state index contributed by atoms with van der Waals surface area (Å²) in [7, 11) is 5.34. The zero-order valence-corrected chi connectivity index (χ0v) is 16.3. The Kier molecular flexibility index (Phi) is 7.09. The maximum absolute atomic E-state index is 12.5. The van der Waals surface area contributed by atoms with Gasteiger partial charge >= 0.3 is 0 Å². The molecule has 0 fully saturated rings. The van der Waals surface area contributed by atoms with Crippen molar-refractivity contribution in [2.45, 2.75) is 19.9 Å². The Morgan fingerprint density at radius 3 is 2.77 bits per heavy atom. The molecule has 0 bridgehead atoms. The third-order valence-electron chi connectivity index (χ3n) is 3.67. The molecule has 1 heterocycles. The van der Waals surface area contributed by atoms with Crippen LogP contribution >= 0.6 is 11.6 Å². The third-order valence-corrected chi connectivity index (χ3v) is 3.95. The van der Waals surface area contributed by atoms with Crippen LogP contribution in [0, 0.1) is 0 Å². The second-order valence-electron chi connectivity index (χ2n) is 5.90. The summed E-state index contributed by atoms with van der Waals surface area (Å²) < 4.78 is 10.9. The fourth-order valence-corrected chi connectivity index (χ4v) is 2.71. The van der Waals surface area contributed by atoms with Crippen molar-refractivity contribution in [1.29, 1.82) is 0 Å². The normalized spacial score (nSPS) is 10.3. The fraction of sp³-hybridized carbons (Fsp3) is 0.368. The molecule has 0 unspecified atom stereocenters. The summed E-state index contributed by atoms with van der Waals surface area (Å²) in [5.74, 6) is 1.45. The second-order valence-corrected chi connectivity index (χ2v) is 6.31. The minimum absolute atomic E-state index is 0.249. The van der Waals surface area contributed by atoms with E-state index in [1.807, 2.05) is 38.1 Å². The third kappa shape index (κ3) is 4.79. The van der Waals surface area contributed by atoms with Crippen molar-refractivity contribution in [3.05, 3.63) is 46.6 Å². The number of anilines is 1. The molecule has 2 aromatic rings. The molecule has 26 heavy (non-hydrogen) atoms. The van der Waals surface area contributed by atoms with Crippen LogP contribution in [0.2, 0.25) is 5.02 Å². The summed E-state index contributed by atoms with van der Waals surface area (Å²) in [5, 5.41) is 3.24. The van der Waals surface area contributed by atoms with Crippen molar-refractivity contribution in [2.75, 3.05) is 32.7 Å². The standard InChI is InChI=1S/C19H24ClN3O3/c1-5-9-26-17-15(20)10-14(11-16(17)25-4)19(24)22-12-13-7-6-8-21-18(13)23(2)3/h6-8,10-11H,5,9,12H2,1-4H3,(H,22,24). The van der Waals surface area contributed by atoms with Gasteiger partial charge < -0.3 is 19.7 Å². The molecule has 0 spiro atoms. The van der Waals surface area contributed by atoms with E-state index < -0.39 is 0 Å². The molecule has 1 amide bonds. The summed E-state index contributed by atoms with van der Waals surface area (Å²) in [6, 6.07) is 6.98. The molecule has 0 radical (unpaired) electrons. The number of hydrogen-bond acceptors (Lipinski definition) is 5. The van der Waals surface area contributed by atoms with Gasteiger partial charge in [-0.1, -0.05) is 24.6 Å². The lowest BCUT2D eigenvalue weighted by atomic mass is 10.1. The first kappa shape index (κ1) is 19.8. The molecule has 1 N–H and O–H groups in total. The molecular weight excluding hydrogens is 354 g/mol. The molecule has 1 aromatic heterocycles. The van der Waals surface area contributed by atoms with Gasteiger partial charge in [-0.25, -0.2) is 4.98 Å². The van der Waals surface area contributed by atoms with Crippen LogP contribution in [0.25, 0.3) is 0 Å². The van der Waals surface area contributed by atoms with E-state index in [4.69, 9.17) is 21.1 Å². The highest BCUT2D eigenvalue weighted by Gasteiger charge is 2.16. The number of methoxy groups -OCH3 is 1. The molecule has 6 nitrogen and oxygen atoms in total. The lowest BCUT2D eigenvalue weighted by Gasteiger charge is -2.16. The minimum atomic E-state index is -0.249. The first-order valence-electron chi connectivity index (χ1n) is 8.37. The topological polar surface area (TPSA) is 63.7 Å². The van der Waals surface area contributed by atoms with Crippen LogP contribution in [-0.2, 0) is 6.54 Å². The molecule has 0 saturated carbocycles. The van der Waals surface area contributed by atoms with Crippen molar-refractivity contribution in [1.82, 2.24) is 10.3 Å². The number of ether oxygens (including phenoxy) is 2. The number of rotatable bonds is 8. The summed E-state index contributed by atoms with van der Waals surface area (Å²) in [4.78, 5) is 18.8. The van der Waals surface area contributed by atoms with Gasteiger partial charge in [0.05, 0.1) is 18.7 Å². The fourth-order valence-electron chi connectivity index (χ4n) is 2.44. The smallest absolute Gasteiger partial charge is 0.251 e. The number of nitrogens with one attached hydrogen (secondary N) is 1. The van der Waals surface area contributed by atoms with Crippen LogP contribution in [0.1, 0.15) is 29.3 Å². The van der Waals surface area contributed by atoms with Crippen molar-refractivity contribution < 1.29 is 14.3 Å². The van der Waals surface area contributed by atoms with Gasteiger partial charge in [-0.3, -0.25) is 4.79 Å². The van der Waals surface area contributed by atoms with Gasteiger partial charge in [0.15, 0.2) is 11.5 Å². The summed E-state index contributed by atoms with van der Waals surface area (Å²) in [6.07, 6.45) is 2.57. The molecule has 0 saturated heterocycles. The monoisotopic (exact) mass is 377 g/mol. The van der Waals surface area contributed by atoms with Crippen LogP contribution in [0.4, 0.5) is 5.82 Å². The Hall–Kier alpha value is -2.47. The Bertz CT molecular complexity index is 766. The molecule has 0 aliphatic heterocycles. The molecule has 2 rings (SSSR count). The molecule has 140 valence electrons. The van der Waals surface area contributed by atoms with Crippen LogP contribution in [0.5, 0.6) is 11.5 Å². The molecule has 0 aliphatic rings. The van der Waals surface area contributed by atoms with Gasteiger partial charge in [0.25, 0.3) is 5.91 Å². The van der Waals surface area contributed by atoms with Crippen molar-refractivity contribution in [3.8, 4) is 11.5 Å². The van der Waals surface area contributed by atoms with Gasteiger partial charge in [-0.15, -0.1) is 0 Å². The van der Waals surface area contributed by atoms with E-state index in [1.165, 1.54) is 7.11 Å². The lowest BCUT2D eigenvalue weighted by Crippen LogP contribution is -2.24. The SMILES string of the molecule is CCCOc1c(Cl)cc(C(=O)NCc2cccnc2N(C)C)cc1OC. The number of carbonyl (C=O) groups is 1. The van der Waals surface area contributed by atoms with Crippen molar-refractivity contribution in [3.63, 3.8) is 0 Å². The van der Waals surface area contributed by atoms with Crippen molar-refractivity contribution in [2.24, 2.45) is 0 Å². The van der Waals surface area contributed by atoms with Gasteiger partial charge in [0, 0.05) is 38.0 Å².